The van der Waals surface area contributed by atoms with E-state index in [4.69, 9.17) is 9.47 Å². The predicted octanol–water partition coefficient (Wildman–Crippen LogP) is 1.59. The van der Waals surface area contributed by atoms with Crippen LogP contribution in [0.5, 0.6) is 0 Å². The second kappa shape index (κ2) is 19.3. The summed E-state index contributed by atoms with van der Waals surface area (Å²) in [4.78, 5) is 24.3. The molecule has 0 heterocycles. The molecule has 0 saturated heterocycles. The molecule has 0 spiro atoms. The Bertz CT molecular complexity index is 580. The molecule has 31 heavy (non-hydrogen) atoms. The summed E-state index contributed by atoms with van der Waals surface area (Å²) in [5.41, 5.74) is 0. The van der Waals surface area contributed by atoms with Crippen LogP contribution in [0.25, 0.3) is 0 Å². The van der Waals surface area contributed by atoms with Crippen LogP contribution in [0.4, 0.5) is 0 Å². The zero-order chi connectivity index (χ0) is 23.0. The van der Waals surface area contributed by atoms with Crippen molar-refractivity contribution >= 4 is 22.1 Å². The van der Waals surface area contributed by atoms with Crippen LogP contribution < -0.4 is 29.6 Å². The zero-order valence-corrected chi connectivity index (χ0v) is 23.0. The number of carbonyl (C=O) groups is 2. The van der Waals surface area contributed by atoms with Crippen molar-refractivity contribution in [3.8, 4) is 0 Å². The summed E-state index contributed by atoms with van der Waals surface area (Å²) < 4.78 is 44.9. The fourth-order valence-electron chi connectivity index (χ4n) is 3.19. The van der Waals surface area contributed by atoms with E-state index in [9.17, 15) is 22.6 Å². The van der Waals surface area contributed by atoms with E-state index < -0.39 is 33.7 Å². The monoisotopic (exact) mass is 472 g/mol. The number of unbranched alkanes of at least 4 members (excludes halogenated alkanes) is 4. The predicted molar refractivity (Wildman–Crippen MR) is 116 cm³/mol. The van der Waals surface area contributed by atoms with Crippen LogP contribution in [0, 0.1) is 11.8 Å². The molecule has 0 N–H and O–H groups in total. The van der Waals surface area contributed by atoms with Crippen LogP contribution in [0.1, 0.15) is 98.3 Å². The third kappa shape index (κ3) is 16.2. The molecular weight excluding hydrogens is 431 g/mol. The van der Waals surface area contributed by atoms with E-state index in [-0.39, 0.29) is 54.6 Å². The van der Waals surface area contributed by atoms with Crippen molar-refractivity contribution in [1.29, 1.82) is 0 Å². The molecule has 3 unspecified atom stereocenters. The van der Waals surface area contributed by atoms with Gasteiger partial charge in [-0.05, 0) is 24.7 Å². The quantitative estimate of drug-likeness (QED) is 0.129. The van der Waals surface area contributed by atoms with E-state index >= 15 is 0 Å². The maximum Gasteiger partial charge on any atom is 1.00 e. The Kier molecular flexibility index (Phi) is 20.6. The molecule has 0 saturated carbocycles. The Labute approximate surface area is 211 Å². The molecule has 0 aromatic carbocycles. The molecule has 0 rings (SSSR count). The van der Waals surface area contributed by atoms with Gasteiger partial charge in [0.15, 0.2) is 5.25 Å². The van der Waals surface area contributed by atoms with Crippen LogP contribution in [0.3, 0.4) is 0 Å². The third-order valence-corrected chi connectivity index (χ3v) is 6.55. The van der Waals surface area contributed by atoms with Gasteiger partial charge in [-0.2, -0.15) is 0 Å². The summed E-state index contributed by atoms with van der Waals surface area (Å²) in [6, 6.07) is 0. The molecule has 0 fully saturated rings. The van der Waals surface area contributed by atoms with Crippen LogP contribution in [-0.4, -0.2) is 43.4 Å². The molecule has 9 heteroatoms. The van der Waals surface area contributed by atoms with Gasteiger partial charge in [-0.25, -0.2) is 8.42 Å². The van der Waals surface area contributed by atoms with Gasteiger partial charge in [-0.15, -0.1) is 0 Å². The first-order chi connectivity index (χ1) is 14.2. The van der Waals surface area contributed by atoms with E-state index in [1.165, 1.54) is 0 Å². The summed E-state index contributed by atoms with van der Waals surface area (Å²) in [5.74, 6) is -1.73. The van der Waals surface area contributed by atoms with Crippen molar-refractivity contribution in [2.24, 2.45) is 11.8 Å². The van der Waals surface area contributed by atoms with Crippen molar-refractivity contribution in [3.63, 3.8) is 0 Å². The molecule has 0 aliphatic rings. The number of rotatable bonds is 18. The molecule has 0 aromatic heterocycles. The summed E-state index contributed by atoms with van der Waals surface area (Å²) in [6.45, 7) is 8.38. The van der Waals surface area contributed by atoms with E-state index in [1.54, 1.807) is 0 Å². The van der Waals surface area contributed by atoms with Crippen molar-refractivity contribution in [1.82, 2.24) is 0 Å². The topological polar surface area (TPSA) is 110 Å². The molecule has 0 aromatic rings. The van der Waals surface area contributed by atoms with Crippen LogP contribution >= 0.6 is 0 Å². The van der Waals surface area contributed by atoms with Crippen molar-refractivity contribution in [2.45, 2.75) is 104 Å². The Morgan fingerprint density at radius 2 is 1.26 bits per heavy atom. The molecule has 0 radical (unpaired) electrons. The Balaban J connectivity index is 0. The summed E-state index contributed by atoms with van der Waals surface area (Å²) in [7, 11) is -5.02. The van der Waals surface area contributed by atoms with Gasteiger partial charge in [0.05, 0.1) is 19.6 Å². The molecule has 7 nitrogen and oxygen atoms in total. The Morgan fingerprint density at radius 3 is 1.65 bits per heavy atom. The van der Waals surface area contributed by atoms with Gasteiger partial charge >= 0.3 is 41.5 Å². The summed E-state index contributed by atoms with van der Waals surface area (Å²) in [6.07, 6.45) is 8.97. The number of ether oxygens (including phenoxy) is 2. The van der Waals surface area contributed by atoms with Gasteiger partial charge in [-0.3, -0.25) is 9.59 Å². The first-order valence-electron chi connectivity index (χ1n) is 11.5. The minimum atomic E-state index is -5.02. The zero-order valence-electron chi connectivity index (χ0n) is 20.2. The summed E-state index contributed by atoms with van der Waals surface area (Å²) in [5, 5.41) is -2.06. The average molecular weight is 473 g/mol. The second-order valence-electron chi connectivity index (χ2n) is 8.04. The largest absolute Gasteiger partial charge is 1.00 e. The standard InChI is InChI=1S/C22H42O7S.Na/c1-5-9-11-13-18(7-3)16-28-21(23)15-20(30(25,26)27)22(24)29-17-19(8-4)14-12-10-6-2;/h18-20H,5-17H2,1-4H3,(H,25,26,27);/q;+1/p-1. The molecule has 0 bridgehead atoms. The van der Waals surface area contributed by atoms with E-state index in [1.807, 2.05) is 13.8 Å². The van der Waals surface area contributed by atoms with Crippen LogP contribution in [0.2, 0.25) is 0 Å². The molecule has 178 valence electrons. The van der Waals surface area contributed by atoms with Crippen molar-refractivity contribution in [3.05, 3.63) is 0 Å². The first-order valence-corrected chi connectivity index (χ1v) is 12.9. The van der Waals surface area contributed by atoms with E-state index in [0.29, 0.717) is 0 Å². The molecule has 0 amide bonds. The maximum absolute atomic E-state index is 12.2. The normalized spacial score (nSPS) is 14.2. The van der Waals surface area contributed by atoms with Gasteiger partial charge in [0.2, 0.25) is 0 Å². The molecule has 0 aliphatic carbocycles. The Morgan fingerprint density at radius 1 is 0.806 bits per heavy atom. The number of carbonyl (C=O) groups excluding carboxylic acids is 2. The second-order valence-corrected chi connectivity index (χ2v) is 9.59. The van der Waals surface area contributed by atoms with E-state index in [2.05, 4.69) is 13.8 Å². The molecule has 0 aliphatic heterocycles. The van der Waals surface area contributed by atoms with Gasteiger partial charge in [0.25, 0.3) is 0 Å². The Hall–Kier alpha value is -0.150. The van der Waals surface area contributed by atoms with Gasteiger partial charge in [0, 0.05) is 0 Å². The number of hydrogen-bond acceptors (Lipinski definition) is 7. The van der Waals surface area contributed by atoms with Crippen LogP contribution in [-0.2, 0) is 29.2 Å². The summed E-state index contributed by atoms with van der Waals surface area (Å²) >= 11 is 0. The molecular formula is C22H41NaO7S. The number of esters is 2. The van der Waals surface area contributed by atoms with E-state index in [0.717, 1.165) is 64.2 Å². The fraction of sp³-hybridized carbons (Fsp3) is 0.909. The van der Waals surface area contributed by atoms with Gasteiger partial charge in [-0.1, -0.05) is 79.1 Å². The smallest absolute Gasteiger partial charge is 0.747 e. The molecule has 3 atom stereocenters. The van der Waals surface area contributed by atoms with Crippen LogP contribution in [0.15, 0.2) is 0 Å². The van der Waals surface area contributed by atoms with Gasteiger partial charge < -0.3 is 14.0 Å². The number of hydrogen-bond donors (Lipinski definition) is 0. The maximum atomic E-state index is 12.2. The minimum absolute atomic E-state index is 0. The van der Waals surface area contributed by atoms with Crippen molar-refractivity contribution in [2.75, 3.05) is 13.2 Å². The van der Waals surface area contributed by atoms with Gasteiger partial charge in [0.1, 0.15) is 10.1 Å². The van der Waals surface area contributed by atoms with Crippen molar-refractivity contribution < 1.29 is 61.6 Å². The minimum Gasteiger partial charge on any atom is -0.747 e. The first kappa shape index (κ1) is 33.0. The fourth-order valence-corrected chi connectivity index (χ4v) is 3.84. The SMILES string of the molecule is CCCCCC(CC)COC(=O)CC(C(=O)OCC(CC)CCCCC)S(=O)(=O)[O-].[Na+]. The average Bonchev–Trinajstić information content (AvgIpc) is 2.70. The third-order valence-electron chi connectivity index (χ3n) is 5.49.